The fraction of sp³-hybridized carbons (Fsp3) is 0.290. The maximum Gasteiger partial charge on any atom is 0.300 e. The predicted octanol–water partition coefficient (Wildman–Crippen LogP) is 6.28. The van der Waals surface area contributed by atoms with E-state index in [1.807, 2.05) is 60.7 Å². The molecule has 186 valence electrons. The number of nitrogens with zero attached hydrogens (tertiary/aromatic N) is 2. The minimum atomic E-state index is -0.728. The van der Waals surface area contributed by atoms with Gasteiger partial charge in [0, 0.05) is 30.0 Å². The number of Topliss-reactive ketones (excluding diaryl/α,β-unsaturated/α-hetero) is 1. The number of hydrogen-bond donors (Lipinski definition) is 1. The van der Waals surface area contributed by atoms with E-state index in [9.17, 15) is 14.7 Å². The highest BCUT2D eigenvalue weighted by Crippen LogP contribution is 2.42. The molecule has 1 atom stereocenters. The molecular formula is C31H34N2O3. The minimum absolute atomic E-state index is 0.111. The molecule has 1 aliphatic heterocycles. The van der Waals surface area contributed by atoms with Crippen molar-refractivity contribution in [3.8, 4) is 0 Å². The van der Waals surface area contributed by atoms with Crippen molar-refractivity contribution >= 4 is 28.8 Å². The van der Waals surface area contributed by atoms with Crippen molar-refractivity contribution in [3.63, 3.8) is 0 Å². The van der Waals surface area contributed by atoms with Crippen molar-refractivity contribution in [2.45, 2.75) is 46.6 Å². The van der Waals surface area contributed by atoms with Gasteiger partial charge in [0.2, 0.25) is 0 Å². The number of aryl methyl sites for hydroxylation is 2. The average molecular weight is 483 g/mol. The Hall–Kier alpha value is -3.86. The second-order valence-electron chi connectivity index (χ2n) is 9.00. The van der Waals surface area contributed by atoms with Gasteiger partial charge in [0.1, 0.15) is 5.76 Å². The molecule has 0 bridgehead atoms. The first-order valence-electron chi connectivity index (χ1n) is 12.8. The lowest BCUT2D eigenvalue weighted by atomic mass is 9.94. The second kappa shape index (κ2) is 10.8. The van der Waals surface area contributed by atoms with Crippen LogP contribution in [0.25, 0.3) is 5.76 Å². The summed E-state index contributed by atoms with van der Waals surface area (Å²) >= 11 is 0. The van der Waals surface area contributed by atoms with E-state index in [-0.39, 0.29) is 11.3 Å². The summed E-state index contributed by atoms with van der Waals surface area (Å²) in [5, 5.41) is 11.3. The molecule has 3 aromatic carbocycles. The Morgan fingerprint density at radius 2 is 1.31 bits per heavy atom. The molecule has 0 spiro atoms. The summed E-state index contributed by atoms with van der Waals surface area (Å²) in [4.78, 5) is 30.5. The van der Waals surface area contributed by atoms with Crippen LogP contribution in [0.15, 0.2) is 78.4 Å². The van der Waals surface area contributed by atoms with Crippen LogP contribution in [0.1, 0.15) is 56.0 Å². The molecular weight excluding hydrogens is 448 g/mol. The summed E-state index contributed by atoms with van der Waals surface area (Å²) in [7, 11) is 0. The third kappa shape index (κ3) is 4.66. The minimum Gasteiger partial charge on any atom is -0.507 e. The van der Waals surface area contributed by atoms with Gasteiger partial charge in [0.05, 0.1) is 11.6 Å². The third-order valence-corrected chi connectivity index (χ3v) is 7.04. The lowest BCUT2D eigenvalue weighted by Crippen LogP contribution is -2.29. The van der Waals surface area contributed by atoms with Gasteiger partial charge in [-0.3, -0.25) is 14.5 Å². The van der Waals surface area contributed by atoms with Crippen LogP contribution in [0.4, 0.5) is 11.4 Å². The zero-order valence-electron chi connectivity index (χ0n) is 21.5. The van der Waals surface area contributed by atoms with E-state index >= 15 is 0 Å². The zero-order chi connectivity index (χ0) is 25.8. The van der Waals surface area contributed by atoms with Crippen LogP contribution in [-0.4, -0.2) is 29.9 Å². The molecule has 1 N–H and O–H groups in total. The molecule has 1 unspecified atom stereocenters. The zero-order valence-corrected chi connectivity index (χ0v) is 21.5. The molecule has 0 radical (unpaired) electrons. The fourth-order valence-corrected chi connectivity index (χ4v) is 4.82. The van der Waals surface area contributed by atoms with Crippen LogP contribution >= 0.6 is 0 Å². The van der Waals surface area contributed by atoms with Crippen molar-refractivity contribution in [2.24, 2.45) is 0 Å². The first-order chi connectivity index (χ1) is 17.4. The van der Waals surface area contributed by atoms with Gasteiger partial charge in [0.15, 0.2) is 0 Å². The summed E-state index contributed by atoms with van der Waals surface area (Å²) in [5.41, 5.74) is 5.39. The summed E-state index contributed by atoms with van der Waals surface area (Å²) < 4.78 is 0. The average Bonchev–Trinajstić information content (AvgIpc) is 3.19. The normalized spacial score (nSPS) is 17.0. The molecule has 5 heteroatoms. The Kier molecular flexibility index (Phi) is 7.58. The SMILES string of the molecule is CCc1ccc(/C(O)=C2/C(=O)C(=O)N(c3ccc(CC)cc3)C2c2ccc(N(CC)CC)cc2)cc1. The highest BCUT2D eigenvalue weighted by atomic mass is 16.3. The highest BCUT2D eigenvalue weighted by Gasteiger charge is 2.47. The summed E-state index contributed by atoms with van der Waals surface area (Å²) in [6.07, 6.45) is 1.75. The monoisotopic (exact) mass is 482 g/mol. The van der Waals surface area contributed by atoms with Gasteiger partial charge in [-0.15, -0.1) is 0 Å². The number of carbonyl (C=O) groups is 2. The first-order valence-corrected chi connectivity index (χ1v) is 12.8. The van der Waals surface area contributed by atoms with Crippen molar-refractivity contribution in [2.75, 3.05) is 22.9 Å². The molecule has 1 fully saturated rings. The van der Waals surface area contributed by atoms with Crippen LogP contribution in [0.5, 0.6) is 0 Å². The lowest BCUT2D eigenvalue weighted by Gasteiger charge is -2.27. The molecule has 36 heavy (non-hydrogen) atoms. The van der Waals surface area contributed by atoms with Gasteiger partial charge in [0.25, 0.3) is 11.7 Å². The molecule has 1 aliphatic rings. The van der Waals surface area contributed by atoms with E-state index in [0.717, 1.165) is 48.3 Å². The number of amides is 1. The van der Waals surface area contributed by atoms with Crippen LogP contribution in [0.3, 0.4) is 0 Å². The Bertz CT molecular complexity index is 1250. The van der Waals surface area contributed by atoms with Crippen molar-refractivity contribution in [1.29, 1.82) is 0 Å². The highest BCUT2D eigenvalue weighted by molar-refractivity contribution is 6.51. The molecule has 0 aliphatic carbocycles. The predicted molar refractivity (Wildman–Crippen MR) is 146 cm³/mol. The number of carbonyl (C=O) groups excluding carboxylic acids is 2. The molecule has 1 amide bonds. The Morgan fingerprint density at radius 3 is 1.81 bits per heavy atom. The fourth-order valence-electron chi connectivity index (χ4n) is 4.82. The summed E-state index contributed by atoms with van der Waals surface area (Å²) in [6, 6.07) is 22.4. The number of benzene rings is 3. The molecule has 0 saturated carbocycles. The van der Waals surface area contributed by atoms with Crippen LogP contribution in [0, 0.1) is 0 Å². The Morgan fingerprint density at radius 1 is 0.778 bits per heavy atom. The first kappa shape index (κ1) is 25.2. The van der Waals surface area contributed by atoms with Gasteiger partial charge in [-0.25, -0.2) is 0 Å². The largest absolute Gasteiger partial charge is 0.507 e. The van der Waals surface area contributed by atoms with Crippen LogP contribution in [0.2, 0.25) is 0 Å². The van der Waals surface area contributed by atoms with Gasteiger partial charge < -0.3 is 10.0 Å². The maximum atomic E-state index is 13.4. The number of ketones is 1. The second-order valence-corrected chi connectivity index (χ2v) is 9.00. The molecule has 4 rings (SSSR count). The topological polar surface area (TPSA) is 60.9 Å². The van der Waals surface area contributed by atoms with E-state index in [1.165, 1.54) is 4.90 Å². The van der Waals surface area contributed by atoms with Gasteiger partial charge in [-0.1, -0.05) is 62.4 Å². The van der Waals surface area contributed by atoms with Crippen LogP contribution < -0.4 is 9.80 Å². The smallest absolute Gasteiger partial charge is 0.300 e. The third-order valence-electron chi connectivity index (χ3n) is 7.04. The lowest BCUT2D eigenvalue weighted by molar-refractivity contribution is -0.132. The maximum absolute atomic E-state index is 13.4. The van der Waals surface area contributed by atoms with Crippen LogP contribution in [-0.2, 0) is 22.4 Å². The van der Waals surface area contributed by atoms with E-state index in [0.29, 0.717) is 11.3 Å². The standard InChI is InChI=1S/C31H34N2O3/c1-5-21-9-13-24(14-10-21)29(34)27-28(23-15-19-25(20-16-23)32(7-3)8-4)33(31(36)30(27)35)26-17-11-22(6-2)12-18-26/h9-20,28,34H,5-8H2,1-4H3/b29-27-. The Labute approximate surface area is 213 Å². The molecule has 1 saturated heterocycles. The van der Waals surface area contributed by atoms with Gasteiger partial charge in [-0.2, -0.15) is 0 Å². The molecule has 0 aromatic heterocycles. The number of hydrogen-bond acceptors (Lipinski definition) is 4. The molecule has 3 aromatic rings. The quantitative estimate of drug-likeness (QED) is 0.233. The Balaban J connectivity index is 1.87. The number of aliphatic hydroxyl groups is 1. The van der Waals surface area contributed by atoms with Crippen molar-refractivity contribution in [3.05, 3.63) is 101 Å². The summed E-state index contributed by atoms with van der Waals surface area (Å²) in [5.74, 6) is -1.46. The molecule has 5 nitrogen and oxygen atoms in total. The number of aliphatic hydroxyl groups excluding tert-OH is 1. The number of rotatable bonds is 8. The van der Waals surface area contributed by atoms with Gasteiger partial charge >= 0.3 is 0 Å². The molecule has 1 heterocycles. The van der Waals surface area contributed by atoms with E-state index < -0.39 is 17.7 Å². The van der Waals surface area contributed by atoms with E-state index in [1.54, 1.807) is 12.1 Å². The van der Waals surface area contributed by atoms with Crippen molar-refractivity contribution < 1.29 is 14.7 Å². The van der Waals surface area contributed by atoms with Crippen molar-refractivity contribution in [1.82, 2.24) is 0 Å². The van der Waals surface area contributed by atoms with E-state index in [4.69, 9.17) is 0 Å². The summed E-state index contributed by atoms with van der Waals surface area (Å²) in [6.45, 7) is 10.1. The van der Waals surface area contributed by atoms with E-state index in [2.05, 4.69) is 32.6 Å². The number of anilines is 2. The van der Waals surface area contributed by atoms with Gasteiger partial charge in [-0.05, 0) is 67.6 Å².